The zero-order valence-corrected chi connectivity index (χ0v) is 14.6. The zero-order valence-electron chi connectivity index (χ0n) is 13.9. The van der Waals surface area contributed by atoms with Gasteiger partial charge < -0.3 is 13.8 Å². The highest BCUT2D eigenvalue weighted by Gasteiger charge is 2.26. The van der Waals surface area contributed by atoms with E-state index in [1.807, 2.05) is 24.0 Å². The molecule has 0 spiro atoms. The molecule has 1 aromatic carbocycles. The number of likely N-dealkylation sites (tertiary alicyclic amines) is 1. The Morgan fingerprint density at radius 2 is 2.16 bits per heavy atom. The zero-order chi connectivity index (χ0) is 17.4. The van der Waals surface area contributed by atoms with Gasteiger partial charge in [-0.15, -0.1) is 0 Å². The van der Waals surface area contributed by atoms with Crippen molar-refractivity contribution in [1.82, 2.24) is 15.0 Å². The van der Waals surface area contributed by atoms with E-state index in [1.54, 1.807) is 6.26 Å². The third-order valence-corrected chi connectivity index (χ3v) is 5.27. The third kappa shape index (κ3) is 3.14. The molecule has 1 fully saturated rings. The summed E-state index contributed by atoms with van der Waals surface area (Å²) in [6.45, 7) is 3.34. The van der Waals surface area contributed by atoms with Gasteiger partial charge in [0.1, 0.15) is 5.58 Å². The molecular formula is C18H18ClN3O3. The number of benzene rings is 1. The summed E-state index contributed by atoms with van der Waals surface area (Å²) in [5.74, 6) is 1.10. The summed E-state index contributed by atoms with van der Waals surface area (Å²) in [6, 6.07) is 3.78. The summed E-state index contributed by atoms with van der Waals surface area (Å²) in [5.41, 5.74) is 2.60. The predicted octanol–water partition coefficient (Wildman–Crippen LogP) is 3.73. The number of fused-ring (bicyclic) bond motifs is 1. The van der Waals surface area contributed by atoms with Crippen LogP contribution in [0.5, 0.6) is 0 Å². The molecule has 2 aromatic heterocycles. The van der Waals surface area contributed by atoms with Crippen LogP contribution < -0.4 is 0 Å². The Morgan fingerprint density at radius 3 is 2.88 bits per heavy atom. The first-order chi connectivity index (χ1) is 12.1. The fourth-order valence-electron chi connectivity index (χ4n) is 3.36. The number of aromatic nitrogens is 2. The van der Waals surface area contributed by atoms with Crippen molar-refractivity contribution in [2.24, 2.45) is 0 Å². The maximum atomic E-state index is 12.7. The van der Waals surface area contributed by atoms with Gasteiger partial charge in [0.2, 0.25) is 12.3 Å². The summed E-state index contributed by atoms with van der Waals surface area (Å²) in [6.07, 6.45) is 5.03. The van der Waals surface area contributed by atoms with E-state index >= 15 is 0 Å². The first-order valence-corrected chi connectivity index (χ1v) is 8.70. The van der Waals surface area contributed by atoms with E-state index in [0.717, 1.165) is 40.8 Å². The van der Waals surface area contributed by atoms with Gasteiger partial charge in [-0.2, -0.15) is 4.98 Å². The summed E-state index contributed by atoms with van der Waals surface area (Å²) >= 11 is 6.21. The normalized spacial score (nSPS) is 15.8. The number of halogens is 1. The average Bonchev–Trinajstić information content (AvgIpc) is 3.27. The van der Waals surface area contributed by atoms with Crippen LogP contribution in [-0.2, 0) is 11.2 Å². The topological polar surface area (TPSA) is 72.4 Å². The maximum Gasteiger partial charge on any atom is 0.227 e. The smallest absolute Gasteiger partial charge is 0.227 e. The van der Waals surface area contributed by atoms with Crippen LogP contribution in [0.4, 0.5) is 0 Å². The third-order valence-electron chi connectivity index (χ3n) is 4.87. The van der Waals surface area contributed by atoms with Crippen LogP contribution in [0.25, 0.3) is 11.0 Å². The number of nitrogens with zero attached hydrogens (tertiary/aromatic N) is 3. The first-order valence-electron chi connectivity index (χ1n) is 8.32. The van der Waals surface area contributed by atoms with Crippen molar-refractivity contribution in [2.45, 2.75) is 32.1 Å². The molecule has 0 aliphatic carbocycles. The lowest BCUT2D eigenvalue weighted by Gasteiger charge is -2.30. The Labute approximate surface area is 149 Å². The summed E-state index contributed by atoms with van der Waals surface area (Å²) in [7, 11) is 0. The first kappa shape index (κ1) is 16.1. The molecule has 25 heavy (non-hydrogen) atoms. The number of rotatable bonds is 3. The van der Waals surface area contributed by atoms with Crippen molar-refractivity contribution in [3.05, 3.63) is 46.8 Å². The number of aryl methyl sites for hydroxylation is 1. The molecule has 0 unspecified atom stereocenters. The number of furan rings is 1. The molecule has 130 valence electrons. The molecule has 6 nitrogen and oxygen atoms in total. The maximum absolute atomic E-state index is 12.7. The van der Waals surface area contributed by atoms with Crippen LogP contribution in [0.3, 0.4) is 0 Å². The summed E-state index contributed by atoms with van der Waals surface area (Å²) in [5, 5.41) is 5.50. The number of carbonyl (C=O) groups excluding carboxylic acids is 1. The van der Waals surface area contributed by atoms with Crippen molar-refractivity contribution in [3.63, 3.8) is 0 Å². The van der Waals surface area contributed by atoms with Crippen LogP contribution in [0.2, 0.25) is 5.02 Å². The molecule has 4 rings (SSSR count). The highest BCUT2D eigenvalue weighted by molar-refractivity contribution is 6.32. The van der Waals surface area contributed by atoms with E-state index in [2.05, 4.69) is 10.1 Å². The van der Waals surface area contributed by atoms with Gasteiger partial charge in [-0.25, -0.2) is 0 Å². The minimum atomic E-state index is 0.103. The van der Waals surface area contributed by atoms with E-state index in [4.69, 9.17) is 20.5 Å². The van der Waals surface area contributed by atoms with Gasteiger partial charge in [0.25, 0.3) is 0 Å². The van der Waals surface area contributed by atoms with Gasteiger partial charge in [-0.1, -0.05) is 16.8 Å². The van der Waals surface area contributed by atoms with Crippen LogP contribution in [0, 0.1) is 6.92 Å². The second kappa shape index (κ2) is 6.52. The molecule has 0 saturated carbocycles. The van der Waals surface area contributed by atoms with E-state index in [1.165, 1.54) is 6.39 Å². The van der Waals surface area contributed by atoms with Crippen molar-refractivity contribution in [3.8, 4) is 0 Å². The number of amides is 1. The van der Waals surface area contributed by atoms with Crippen LogP contribution in [0.15, 0.2) is 33.7 Å². The van der Waals surface area contributed by atoms with Crippen molar-refractivity contribution < 1.29 is 13.7 Å². The van der Waals surface area contributed by atoms with Crippen molar-refractivity contribution in [1.29, 1.82) is 0 Å². The fraction of sp³-hybridized carbons (Fsp3) is 0.389. The van der Waals surface area contributed by atoms with Gasteiger partial charge in [0.15, 0.2) is 5.82 Å². The molecule has 3 aromatic rings. The standard InChI is InChI=1S/C18H18ClN3O3/c1-11-6-16-14(8-15(11)19)13(9-24-16)7-17(23)22-4-2-12(3-5-22)18-20-10-25-21-18/h6,8-10,12H,2-5,7H2,1H3. The van der Waals surface area contributed by atoms with Gasteiger partial charge in [-0.05, 0) is 37.5 Å². The Morgan fingerprint density at radius 1 is 1.36 bits per heavy atom. The predicted molar refractivity (Wildman–Crippen MR) is 92.5 cm³/mol. The Hall–Kier alpha value is -2.34. The number of piperidine rings is 1. The molecule has 1 aliphatic heterocycles. The Balaban J connectivity index is 1.44. The lowest BCUT2D eigenvalue weighted by molar-refractivity contribution is -0.131. The highest BCUT2D eigenvalue weighted by Crippen LogP contribution is 2.29. The summed E-state index contributed by atoms with van der Waals surface area (Å²) in [4.78, 5) is 18.7. The minimum Gasteiger partial charge on any atom is -0.464 e. The molecule has 1 aliphatic rings. The fourth-order valence-corrected chi connectivity index (χ4v) is 3.52. The molecule has 7 heteroatoms. The van der Waals surface area contributed by atoms with Crippen LogP contribution >= 0.6 is 11.6 Å². The molecule has 0 bridgehead atoms. The minimum absolute atomic E-state index is 0.103. The van der Waals surface area contributed by atoms with E-state index in [9.17, 15) is 4.79 Å². The second-order valence-electron chi connectivity index (χ2n) is 6.48. The number of carbonyl (C=O) groups is 1. The molecule has 1 amide bonds. The van der Waals surface area contributed by atoms with Gasteiger partial charge >= 0.3 is 0 Å². The summed E-state index contributed by atoms with van der Waals surface area (Å²) < 4.78 is 10.4. The van der Waals surface area contributed by atoms with E-state index < -0.39 is 0 Å². The lowest BCUT2D eigenvalue weighted by atomic mass is 9.95. The van der Waals surface area contributed by atoms with E-state index in [0.29, 0.717) is 24.5 Å². The SMILES string of the molecule is Cc1cc2occ(CC(=O)N3CCC(c4ncon4)CC3)c2cc1Cl. The van der Waals surface area contributed by atoms with Crippen LogP contribution in [0.1, 0.15) is 35.7 Å². The molecule has 1 saturated heterocycles. The average molecular weight is 360 g/mol. The lowest BCUT2D eigenvalue weighted by Crippen LogP contribution is -2.38. The van der Waals surface area contributed by atoms with Crippen molar-refractivity contribution in [2.75, 3.05) is 13.1 Å². The van der Waals surface area contributed by atoms with E-state index in [-0.39, 0.29) is 11.8 Å². The number of hydrogen-bond donors (Lipinski definition) is 0. The van der Waals surface area contributed by atoms with Gasteiger partial charge in [0, 0.05) is 35.0 Å². The molecule has 0 radical (unpaired) electrons. The molecule has 0 atom stereocenters. The Kier molecular flexibility index (Phi) is 4.21. The monoisotopic (exact) mass is 359 g/mol. The van der Waals surface area contributed by atoms with Crippen molar-refractivity contribution >= 4 is 28.5 Å². The number of hydrogen-bond acceptors (Lipinski definition) is 5. The highest BCUT2D eigenvalue weighted by atomic mass is 35.5. The molecule has 0 N–H and O–H groups in total. The largest absolute Gasteiger partial charge is 0.464 e. The second-order valence-corrected chi connectivity index (χ2v) is 6.89. The van der Waals surface area contributed by atoms with Gasteiger partial charge in [0.05, 0.1) is 12.7 Å². The quantitative estimate of drug-likeness (QED) is 0.712. The molecular weight excluding hydrogens is 342 g/mol. The Bertz CT molecular complexity index is 896. The molecule has 3 heterocycles. The van der Waals surface area contributed by atoms with Gasteiger partial charge in [-0.3, -0.25) is 4.79 Å². The van der Waals surface area contributed by atoms with Crippen LogP contribution in [-0.4, -0.2) is 34.0 Å².